The molecule has 1 saturated heterocycles. The van der Waals surface area contributed by atoms with Crippen LogP contribution >= 0.6 is 22.7 Å². The number of ether oxygens (including phenoxy) is 1. The molecule has 0 saturated carbocycles. The highest BCUT2D eigenvalue weighted by Crippen LogP contribution is 2.19. The lowest BCUT2D eigenvalue weighted by atomic mass is 10.2. The normalized spacial score (nSPS) is 18.5. The fraction of sp³-hybridized carbons (Fsp3) is 0.538. The van der Waals surface area contributed by atoms with E-state index in [1.807, 2.05) is 13.8 Å². The van der Waals surface area contributed by atoms with Crippen molar-refractivity contribution in [3.8, 4) is 0 Å². The van der Waals surface area contributed by atoms with Gasteiger partial charge in [-0.25, -0.2) is 4.98 Å². The molecule has 1 atom stereocenters. The minimum atomic E-state index is -0.140. The summed E-state index contributed by atoms with van der Waals surface area (Å²) < 4.78 is 5.71. The highest BCUT2D eigenvalue weighted by Gasteiger charge is 2.23. The number of aromatic nitrogens is 3. The second kappa shape index (κ2) is 6.67. The average molecular weight is 339 g/mol. The number of nitrogens with one attached hydrogen (secondary N) is 1. The van der Waals surface area contributed by atoms with Gasteiger partial charge in [-0.1, -0.05) is 11.3 Å². The molecule has 1 amide bonds. The predicted molar refractivity (Wildman–Crippen MR) is 85.8 cm³/mol. The third kappa shape index (κ3) is 3.42. The van der Waals surface area contributed by atoms with E-state index in [0.29, 0.717) is 25.4 Å². The summed E-state index contributed by atoms with van der Waals surface area (Å²) in [7, 11) is 0. The van der Waals surface area contributed by atoms with Crippen LogP contribution < -0.4 is 10.2 Å². The first-order valence-electron chi connectivity index (χ1n) is 6.98. The van der Waals surface area contributed by atoms with Crippen LogP contribution in [0.3, 0.4) is 0 Å². The number of hydrogen-bond donors (Lipinski definition) is 1. The number of aryl methyl sites for hydroxylation is 2. The molecular weight excluding hydrogens is 322 g/mol. The second-order valence-corrected chi connectivity index (χ2v) is 7.23. The lowest BCUT2D eigenvalue weighted by molar-refractivity contribution is 0.0396. The number of morpholine rings is 1. The maximum Gasteiger partial charge on any atom is 0.271 e. The van der Waals surface area contributed by atoms with Gasteiger partial charge in [0, 0.05) is 24.5 Å². The molecular formula is C13H17N5O2S2. The lowest BCUT2D eigenvalue weighted by Gasteiger charge is -2.32. The number of amides is 1. The molecule has 0 bridgehead atoms. The molecule has 1 aliphatic heterocycles. The molecule has 118 valence electrons. The molecule has 1 aliphatic rings. The minimum absolute atomic E-state index is 0.0540. The summed E-state index contributed by atoms with van der Waals surface area (Å²) in [5.74, 6) is -0.140. The molecule has 0 radical (unpaired) electrons. The van der Waals surface area contributed by atoms with Gasteiger partial charge in [-0.3, -0.25) is 4.79 Å². The van der Waals surface area contributed by atoms with E-state index in [-0.39, 0.29) is 12.0 Å². The van der Waals surface area contributed by atoms with Crippen molar-refractivity contribution in [1.29, 1.82) is 0 Å². The van der Waals surface area contributed by atoms with Crippen molar-refractivity contribution in [3.63, 3.8) is 0 Å². The fourth-order valence-corrected chi connectivity index (χ4v) is 3.76. The zero-order chi connectivity index (χ0) is 15.5. The molecule has 22 heavy (non-hydrogen) atoms. The van der Waals surface area contributed by atoms with E-state index < -0.39 is 0 Å². The predicted octanol–water partition coefficient (Wildman–Crippen LogP) is 1.25. The second-order valence-electron chi connectivity index (χ2n) is 5.01. The Morgan fingerprint density at radius 3 is 3.09 bits per heavy atom. The number of thiazole rings is 1. The summed E-state index contributed by atoms with van der Waals surface area (Å²) in [6, 6.07) is 0. The van der Waals surface area contributed by atoms with E-state index in [2.05, 4.69) is 25.4 Å². The number of carbonyl (C=O) groups is 1. The molecule has 0 aromatic carbocycles. The molecule has 1 fully saturated rings. The first-order chi connectivity index (χ1) is 10.6. The minimum Gasteiger partial charge on any atom is -0.373 e. The number of rotatable bonds is 4. The summed E-state index contributed by atoms with van der Waals surface area (Å²) in [5, 5.41) is 12.6. The summed E-state index contributed by atoms with van der Waals surface area (Å²) in [4.78, 5) is 19.5. The molecule has 1 unspecified atom stereocenters. The van der Waals surface area contributed by atoms with Crippen molar-refractivity contribution in [2.45, 2.75) is 20.0 Å². The number of carbonyl (C=O) groups excluding carboxylic acids is 1. The van der Waals surface area contributed by atoms with Crippen LogP contribution in [0.5, 0.6) is 0 Å². The van der Waals surface area contributed by atoms with Crippen LogP contribution in [0.25, 0.3) is 0 Å². The van der Waals surface area contributed by atoms with Crippen molar-refractivity contribution in [1.82, 2.24) is 20.5 Å². The highest BCUT2D eigenvalue weighted by atomic mass is 32.1. The molecule has 0 aliphatic carbocycles. The van der Waals surface area contributed by atoms with Crippen LogP contribution in [-0.2, 0) is 4.74 Å². The van der Waals surface area contributed by atoms with E-state index in [9.17, 15) is 4.79 Å². The van der Waals surface area contributed by atoms with Crippen LogP contribution in [0, 0.1) is 13.8 Å². The van der Waals surface area contributed by atoms with Crippen molar-refractivity contribution >= 4 is 33.7 Å². The maximum absolute atomic E-state index is 12.2. The van der Waals surface area contributed by atoms with Gasteiger partial charge in [0.15, 0.2) is 0 Å². The Morgan fingerprint density at radius 2 is 2.41 bits per heavy atom. The van der Waals surface area contributed by atoms with E-state index in [1.165, 1.54) is 22.7 Å². The number of hydrogen-bond acceptors (Lipinski definition) is 8. The Hall–Kier alpha value is -1.58. The van der Waals surface area contributed by atoms with Crippen molar-refractivity contribution in [2.75, 3.05) is 31.1 Å². The van der Waals surface area contributed by atoms with Gasteiger partial charge in [-0.05, 0) is 13.8 Å². The van der Waals surface area contributed by atoms with Gasteiger partial charge in [0.25, 0.3) is 5.91 Å². The number of anilines is 1. The van der Waals surface area contributed by atoms with Crippen LogP contribution in [0.4, 0.5) is 5.13 Å². The quantitative estimate of drug-likeness (QED) is 0.903. The van der Waals surface area contributed by atoms with Gasteiger partial charge in [-0.2, -0.15) is 0 Å². The van der Waals surface area contributed by atoms with Crippen molar-refractivity contribution in [2.24, 2.45) is 0 Å². The summed E-state index contributed by atoms with van der Waals surface area (Å²) in [6.07, 6.45) is -0.0540. The molecule has 0 spiro atoms. The Morgan fingerprint density at radius 1 is 1.55 bits per heavy atom. The van der Waals surface area contributed by atoms with E-state index >= 15 is 0 Å². The maximum atomic E-state index is 12.2. The van der Waals surface area contributed by atoms with Crippen molar-refractivity contribution < 1.29 is 9.53 Å². The molecule has 2 aromatic heterocycles. The van der Waals surface area contributed by atoms with E-state index in [0.717, 1.165) is 21.6 Å². The van der Waals surface area contributed by atoms with Gasteiger partial charge in [0.2, 0.25) is 5.13 Å². The lowest BCUT2D eigenvalue weighted by Crippen LogP contribution is -2.47. The van der Waals surface area contributed by atoms with Crippen LogP contribution in [0.1, 0.15) is 20.4 Å². The summed E-state index contributed by atoms with van der Waals surface area (Å²) in [5.41, 5.74) is 2.23. The molecule has 1 N–H and O–H groups in total. The third-order valence-corrected chi connectivity index (χ3v) is 5.00. The molecule has 9 heteroatoms. The Kier molecular flexibility index (Phi) is 4.65. The first kappa shape index (κ1) is 15.3. The standard InChI is InChI=1S/C13H17N5O2S2/c1-8-11(16-9(2)22-8)12(19)14-5-10-6-18(3-4-20-10)13-17-15-7-21-13/h7,10H,3-6H2,1-2H3,(H,14,19). The SMILES string of the molecule is Cc1nc(C(=O)NCC2CN(c3nncs3)CCO2)c(C)s1. The molecule has 7 nitrogen and oxygen atoms in total. The fourth-order valence-electron chi connectivity index (χ4n) is 2.35. The first-order valence-corrected chi connectivity index (χ1v) is 8.68. The Labute approximate surface area is 136 Å². The van der Waals surface area contributed by atoms with Gasteiger partial charge < -0.3 is 15.0 Å². The highest BCUT2D eigenvalue weighted by molar-refractivity contribution is 7.13. The van der Waals surface area contributed by atoms with Crippen molar-refractivity contribution in [3.05, 3.63) is 21.1 Å². The Bertz CT molecular complexity index is 643. The largest absolute Gasteiger partial charge is 0.373 e. The smallest absolute Gasteiger partial charge is 0.271 e. The van der Waals surface area contributed by atoms with Crippen LogP contribution in [-0.4, -0.2) is 53.4 Å². The van der Waals surface area contributed by atoms with E-state index in [1.54, 1.807) is 5.51 Å². The van der Waals surface area contributed by atoms with Gasteiger partial charge >= 0.3 is 0 Å². The topological polar surface area (TPSA) is 80.2 Å². The zero-order valence-corrected chi connectivity index (χ0v) is 14.0. The van der Waals surface area contributed by atoms with E-state index in [4.69, 9.17) is 4.74 Å². The Balaban J connectivity index is 1.55. The average Bonchev–Trinajstić information content (AvgIpc) is 3.15. The summed E-state index contributed by atoms with van der Waals surface area (Å²) >= 11 is 3.04. The van der Waals surface area contributed by atoms with Crippen LogP contribution in [0.2, 0.25) is 0 Å². The molecule has 2 aromatic rings. The van der Waals surface area contributed by atoms with Crippen LogP contribution in [0.15, 0.2) is 5.51 Å². The third-order valence-electron chi connectivity index (χ3n) is 3.37. The van der Waals surface area contributed by atoms with Gasteiger partial charge in [0.05, 0.1) is 17.7 Å². The monoisotopic (exact) mass is 339 g/mol. The van der Waals surface area contributed by atoms with Gasteiger partial charge in [0.1, 0.15) is 11.2 Å². The molecule has 3 heterocycles. The zero-order valence-electron chi connectivity index (χ0n) is 12.4. The summed E-state index contributed by atoms with van der Waals surface area (Å²) in [6.45, 7) is 6.39. The van der Waals surface area contributed by atoms with Gasteiger partial charge in [-0.15, -0.1) is 21.5 Å². The molecule has 3 rings (SSSR count). The number of nitrogens with zero attached hydrogens (tertiary/aromatic N) is 4.